The van der Waals surface area contributed by atoms with Gasteiger partial charge in [-0.1, -0.05) is 104 Å². The summed E-state index contributed by atoms with van der Waals surface area (Å²) in [5.41, 5.74) is 0. The fourth-order valence-corrected chi connectivity index (χ4v) is 4.25. The number of nitrogens with one attached hydrogen (secondary N) is 1. The average Bonchev–Trinajstić information content (AvgIpc) is 2.82. The lowest BCUT2D eigenvalue weighted by molar-refractivity contribution is -0.161. The first kappa shape index (κ1) is 32.8. The number of hydrogen-bond acceptors (Lipinski definition) is 4. The maximum Gasteiger partial charge on any atom is 0.0685 e. The third kappa shape index (κ3) is 26.3. The molecular weight excluding hydrogens is 408 g/mol. The molecule has 200 valence electrons. The molecule has 0 bridgehead atoms. The van der Waals surface area contributed by atoms with Gasteiger partial charge in [-0.3, -0.25) is 4.84 Å². The Labute approximate surface area is 208 Å². The van der Waals surface area contributed by atoms with E-state index >= 15 is 0 Å². The van der Waals surface area contributed by atoms with Gasteiger partial charge in [-0.2, -0.15) is 5.06 Å². The number of ether oxygens (including phenoxy) is 1. The summed E-state index contributed by atoms with van der Waals surface area (Å²) in [6.07, 6.45) is 25.4. The van der Waals surface area contributed by atoms with Gasteiger partial charge in [-0.15, -0.1) is 0 Å². The second kappa shape index (κ2) is 28.1. The molecule has 0 aliphatic heterocycles. The van der Waals surface area contributed by atoms with Gasteiger partial charge in [0.1, 0.15) is 0 Å². The number of hydrogen-bond donors (Lipinski definition) is 1. The predicted octanol–water partition coefficient (Wildman–Crippen LogP) is 8.30. The van der Waals surface area contributed by atoms with E-state index in [1.807, 2.05) is 7.05 Å². The second-order valence-corrected chi connectivity index (χ2v) is 9.99. The monoisotopic (exact) mass is 470 g/mol. The molecular formula is C29H62N2O2. The highest BCUT2D eigenvalue weighted by molar-refractivity contribution is 4.55. The molecule has 0 aromatic heterocycles. The second-order valence-electron chi connectivity index (χ2n) is 9.99. The Bertz CT molecular complexity index is 355. The van der Waals surface area contributed by atoms with Gasteiger partial charge in [0.15, 0.2) is 0 Å². The van der Waals surface area contributed by atoms with E-state index in [-0.39, 0.29) is 0 Å². The van der Waals surface area contributed by atoms with Crippen LogP contribution in [0.25, 0.3) is 0 Å². The van der Waals surface area contributed by atoms with E-state index in [9.17, 15) is 0 Å². The van der Waals surface area contributed by atoms with Gasteiger partial charge in [0.25, 0.3) is 0 Å². The smallest absolute Gasteiger partial charge is 0.0685 e. The van der Waals surface area contributed by atoms with Crippen molar-refractivity contribution in [3.05, 3.63) is 0 Å². The van der Waals surface area contributed by atoms with Crippen molar-refractivity contribution in [1.82, 2.24) is 10.4 Å². The molecule has 1 N–H and O–H groups in total. The molecule has 0 aromatic rings. The summed E-state index contributed by atoms with van der Waals surface area (Å²) in [4.78, 5) is 6.12. The molecule has 0 spiro atoms. The molecule has 4 heteroatoms. The fourth-order valence-electron chi connectivity index (χ4n) is 4.25. The van der Waals surface area contributed by atoms with Crippen LogP contribution in [0.5, 0.6) is 0 Å². The SMILES string of the molecule is CCCCCCCCCOC(C)CCCCCCN(CCCNC)OCCCCCCCC. The van der Waals surface area contributed by atoms with Crippen LogP contribution in [0.1, 0.15) is 143 Å². The minimum absolute atomic E-state index is 0.420. The summed E-state index contributed by atoms with van der Waals surface area (Å²) in [6, 6.07) is 0. The number of rotatable bonds is 28. The molecule has 0 aliphatic carbocycles. The summed E-state index contributed by atoms with van der Waals surface area (Å²) in [7, 11) is 2.03. The molecule has 0 radical (unpaired) electrons. The topological polar surface area (TPSA) is 33.7 Å². The normalized spacial score (nSPS) is 12.6. The third-order valence-corrected chi connectivity index (χ3v) is 6.52. The quantitative estimate of drug-likeness (QED) is 0.0921. The average molecular weight is 471 g/mol. The van der Waals surface area contributed by atoms with Gasteiger partial charge in [0, 0.05) is 19.7 Å². The van der Waals surface area contributed by atoms with E-state index in [2.05, 4.69) is 31.2 Å². The molecule has 1 unspecified atom stereocenters. The molecule has 0 fully saturated rings. The Morgan fingerprint density at radius 3 is 1.76 bits per heavy atom. The van der Waals surface area contributed by atoms with E-state index in [0.717, 1.165) is 39.3 Å². The van der Waals surface area contributed by atoms with Crippen LogP contribution in [0.15, 0.2) is 0 Å². The van der Waals surface area contributed by atoms with Crippen LogP contribution in [0.4, 0.5) is 0 Å². The van der Waals surface area contributed by atoms with Gasteiger partial charge in [-0.25, -0.2) is 0 Å². The summed E-state index contributed by atoms with van der Waals surface area (Å²) >= 11 is 0. The molecule has 0 rings (SSSR count). The Hall–Kier alpha value is -0.160. The van der Waals surface area contributed by atoms with Crippen molar-refractivity contribution in [1.29, 1.82) is 0 Å². The zero-order valence-corrected chi connectivity index (χ0v) is 23.3. The first-order valence-electron chi connectivity index (χ1n) is 14.9. The number of hydroxylamine groups is 2. The van der Waals surface area contributed by atoms with Gasteiger partial charge in [-0.05, 0) is 52.6 Å². The maximum atomic E-state index is 6.12. The Morgan fingerprint density at radius 1 is 0.606 bits per heavy atom. The van der Waals surface area contributed by atoms with Crippen LogP contribution in [0, 0.1) is 0 Å². The Kier molecular flexibility index (Phi) is 27.9. The highest BCUT2D eigenvalue weighted by atomic mass is 16.7. The van der Waals surface area contributed by atoms with E-state index in [1.54, 1.807) is 0 Å². The van der Waals surface area contributed by atoms with Crippen molar-refractivity contribution in [3.63, 3.8) is 0 Å². The van der Waals surface area contributed by atoms with Gasteiger partial charge in [0.2, 0.25) is 0 Å². The molecule has 0 amide bonds. The van der Waals surface area contributed by atoms with E-state index in [0.29, 0.717) is 6.10 Å². The van der Waals surface area contributed by atoms with Gasteiger partial charge >= 0.3 is 0 Å². The lowest BCUT2D eigenvalue weighted by atomic mass is 10.1. The van der Waals surface area contributed by atoms with Crippen molar-refractivity contribution in [3.8, 4) is 0 Å². The molecule has 33 heavy (non-hydrogen) atoms. The zero-order chi connectivity index (χ0) is 24.2. The Morgan fingerprint density at radius 2 is 1.12 bits per heavy atom. The van der Waals surface area contributed by atoms with Crippen LogP contribution in [0.3, 0.4) is 0 Å². The number of unbranched alkanes of at least 4 members (excludes halogenated alkanes) is 14. The van der Waals surface area contributed by atoms with Crippen LogP contribution < -0.4 is 5.32 Å². The standard InChI is InChI=1S/C29H62N2O2/c1-5-7-9-11-13-16-20-27-32-29(3)23-18-14-15-19-25-31(26-22-24-30-4)33-28-21-17-12-10-8-6-2/h29-30H,5-28H2,1-4H3. The molecule has 4 nitrogen and oxygen atoms in total. The summed E-state index contributed by atoms with van der Waals surface area (Å²) < 4.78 is 6.02. The summed E-state index contributed by atoms with van der Waals surface area (Å²) in [5, 5.41) is 5.48. The zero-order valence-electron chi connectivity index (χ0n) is 23.3. The Balaban J connectivity index is 3.65. The minimum Gasteiger partial charge on any atom is -0.379 e. The molecule has 0 saturated carbocycles. The van der Waals surface area contributed by atoms with Crippen LogP contribution in [0.2, 0.25) is 0 Å². The van der Waals surface area contributed by atoms with Crippen LogP contribution in [-0.4, -0.2) is 51.1 Å². The van der Waals surface area contributed by atoms with Crippen LogP contribution in [-0.2, 0) is 9.57 Å². The molecule has 1 atom stereocenters. The lowest BCUT2D eigenvalue weighted by Gasteiger charge is -2.22. The van der Waals surface area contributed by atoms with E-state index < -0.39 is 0 Å². The highest BCUT2D eigenvalue weighted by Gasteiger charge is 2.06. The van der Waals surface area contributed by atoms with Crippen LogP contribution >= 0.6 is 0 Å². The van der Waals surface area contributed by atoms with Crippen molar-refractivity contribution in [2.24, 2.45) is 0 Å². The molecule has 0 saturated heterocycles. The fraction of sp³-hybridized carbons (Fsp3) is 1.00. The first-order valence-corrected chi connectivity index (χ1v) is 14.9. The van der Waals surface area contributed by atoms with Crippen molar-refractivity contribution < 1.29 is 9.57 Å². The van der Waals surface area contributed by atoms with E-state index in [1.165, 1.54) is 116 Å². The van der Waals surface area contributed by atoms with Crippen molar-refractivity contribution in [2.45, 2.75) is 149 Å². The van der Waals surface area contributed by atoms with Gasteiger partial charge < -0.3 is 10.1 Å². The number of nitrogens with zero attached hydrogens (tertiary/aromatic N) is 1. The lowest BCUT2D eigenvalue weighted by Crippen LogP contribution is -2.29. The van der Waals surface area contributed by atoms with Gasteiger partial charge in [0.05, 0.1) is 12.7 Å². The van der Waals surface area contributed by atoms with Crippen molar-refractivity contribution >= 4 is 0 Å². The highest BCUT2D eigenvalue weighted by Crippen LogP contribution is 2.12. The summed E-state index contributed by atoms with van der Waals surface area (Å²) in [5.74, 6) is 0. The predicted molar refractivity (Wildman–Crippen MR) is 146 cm³/mol. The molecule has 0 aliphatic rings. The molecule has 0 heterocycles. The largest absolute Gasteiger partial charge is 0.379 e. The van der Waals surface area contributed by atoms with Crippen molar-refractivity contribution in [2.75, 3.05) is 39.9 Å². The third-order valence-electron chi connectivity index (χ3n) is 6.52. The first-order chi connectivity index (χ1) is 16.2. The summed E-state index contributed by atoms with van der Waals surface area (Å²) in [6.45, 7) is 11.8. The van der Waals surface area contributed by atoms with E-state index in [4.69, 9.17) is 9.57 Å². The minimum atomic E-state index is 0.420. The maximum absolute atomic E-state index is 6.12. The molecule has 0 aromatic carbocycles.